The zero-order valence-corrected chi connectivity index (χ0v) is 27.2. The Balaban J connectivity index is 1.48. The van der Waals surface area contributed by atoms with Crippen molar-refractivity contribution < 1.29 is 28.6 Å². The Hall–Kier alpha value is -4.18. The van der Waals surface area contributed by atoms with Gasteiger partial charge >= 0.3 is 6.03 Å². The molecule has 2 aromatic carbocycles. The molecule has 1 saturated heterocycles. The van der Waals surface area contributed by atoms with Crippen LogP contribution in [0.3, 0.4) is 0 Å². The number of aromatic nitrogens is 1. The van der Waals surface area contributed by atoms with Gasteiger partial charge in [-0.3, -0.25) is 14.5 Å². The van der Waals surface area contributed by atoms with Crippen LogP contribution in [-0.4, -0.2) is 56.1 Å². The number of nitrogens with zero attached hydrogens (tertiary/aromatic N) is 3. The number of likely N-dealkylation sites (N-methyl/N-ethyl adjacent to an activating group) is 1. The van der Waals surface area contributed by atoms with Gasteiger partial charge in [-0.25, -0.2) is 9.18 Å². The van der Waals surface area contributed by atoms with E-state index in [-0.39, 0.29) is 35.5 Å². The SMILES string of the molecule is Cc1cc(F)cc(C)c1Oc1ccc(C(C)(C)O)cc1-c1cn(C)c(=O)cc1O[C@H]1CC[C@H](N2C(=O)N(C)C(C)(C)C2=O)CC1. The second-order valence-electron chi connectivity index (χ2n) is 13.4. The van der Waals surface area contributed by atoms with Gasteiger partial charge < -0.3 is 24.0 Å². The molecule has 3 aromatic rings. The van der Waals surface area contributed by atoms with Crippen LogP contribution in [0.4, 0.5) is 9.18 Å². The number of benzene rings is 2. The molecule has 1 aliphatic carbocycles. The van der Waals surface area contributed by atoms with E-state index in [1.54, 1.807) is 74.0 Å². The predicted molar refractivity (Wildman–Crippen MR) is 169 cm³/mol. The highest BCUT2D eigenvalue weighted by Crippen LogP contribution is 2.43. The molecule has 45 heavy (non-hydrogen) atoms. The maximum Gasteiger partial charge on any atom is 0.327 e. The quantitative estimate of drug-likeness (QED) is 0.317. The van der Waals surface area contributed by atoms with Gasteiger partial charge in [-0.2, -0.15) is 0 Å². The highest BCUT2D eigenvalue weighted by Gasteiger charge is 2.52. The van der Waals surface area contributed by atoms with Crippen LogP contribution in [0.15, 0.2) is 47.4 Å². The minimum absolute atomic E-state index is 0.195. The summed E-state index contributed by atoms with van der Waals surface area (Å²) in [6, 6.07) is 9.11. The summed E-state index contributed by atoms with van der Waals surface area (Å²) in [7, 11) is 3.30. The van der Waals surface area contributed by atoms with E-state index < -0.39 is 11.1 Å². The molecule has 2 fully saturated rings. The highest BCUT2D eigenvalue weighted by molar-refractivity contribution is 6.06. The molecule has 0 bridgehead atoms. The Morgan fingerprint density at radius 1 is 0.911 bits per heavy atom. The molecule has 1 N–H and O–H groups in total. The Kier molecular flexibility index (Phi) is 8.33. The molecular formula is C35H42FN3O6. The standard InChI is InChI=1S/C35H42FN3O6/c1-20-15-23(36)16-21(2)31(20)45-28-14-9-22(35(5,6)43)17-26(28)27-19-37(7)30(40)18-29(27)44-25-12-10-24(11-13-25)39-32(41)34(3,4)38(8)33(39)42/h9,14-19,24-25,43H,10-13H2,1-8H3/t24-,25-. The summed E-state index contributed by atoms with van der Waals surface area (Å²) in [5.74, 6) is 0.776. The van der Waals surface area contributed by atoms with Crippen molar-refractivity contribution in [1.29, 1.82) is 0 Å². The van der Waals surface area contributed by atoms with Crippen molar-refractivity contribution in [2.24, 2.45) is 7.05 Å². The summed E-state index contributed by atoms with van der Waals surface area (Å²) < 4.78 is 28.5. The molecule has 2 heterocycles. The lowest BCUT2D eigenvalue weighted by atomic mass is 9.91. The minimum Gasteiger partial charge on any atom is -0.490 e. The van der Waals surface area contributed by atoms with E-state index in [0.717, 1.165) is 0 Å². The molecule has 0 radical (unpaired) electrons. The number of rotatable bonds is 7. The van der Waals surface area contributed by atoms with Crippen molar-refractivity contribution in [3.63, 3.8) is 0 Å². The average Bonchev–Trinajstić information content (AvgIpc) is 3.11. The highest BCUT2D eigenvalue weighted by atomic mass is 19.1. The Labute approximate surface area is 263 Å². The van der Waals surface area contributed by atoms with Crippen molar-refractivity contribution in [3.05, 3.63) is 75.5 Å². The largest absolute Gasteiger partial charge is 0.490 e. The van der Waals surface area contributed by atoms with Crippen molar-refractivity contribution in [3.8, 4) is 28.4 Å². The Morgan fingerprint density at radius 2 is 1.53 bits per heavy atom. The Morgan fingerprint density at radius 3 is 2.09 bits per heavy atom. The summed E-state index contributed by atoms with van der Waals surface area (Å²) in [6.07, 6.45) is 3.76. The Bertz CT molecular complexity index is 1690. The van der Waals surface area contributed by atoms with Crippen molar-refractivity contribution in [1.82, 2.24) is 14.4 Å². The molecule has 5 rings (SSSR count). The first-order valence-corrected chi connectivity index (χ1v) is 15.3. The van der Waals surface area contributed by atoms with Crippen molar-refractivity contribution in [2.45, 2.75) is 90.5 Å². The third-order valence-corrected chi connectivity index (χ3v) is 9.18. The number of aliphatic hydroxyl groups is 1. The molecule has 1 aromatic heterocycles. The van der Waals surface area contributed by atoms with E-state index in [0.29, 0.717) is 70.7 Å². The maximum atomic E-state index is 14.1. The zero-order chi connectivity index (χ0) is 33.0. The number of carbonyl (C=O) groups excluding carboxylic acids is 2. The van der Waals surface area contributed by atoms with Gasteiger partial charge in [-0.1, -0.05) is 6.07 Å². The normalized spacial score (nSPS) is 20.1. The van der Waals surface area contributed by atoms with Gasteiger partial charge in [0, 0.05) is 43.5 Å². The first-order chi connectivity index (χ1) is 21.0. The summed E-state index contributed by atoms with van der Waals surface area (Å²) in [6.45, 7) is 10.4. The number of aryl methyl sites for hydroxylation is 3. The number of hydrogen-bond acceptors (Lipinski definition) is 6. The fourth-order valence-corrected chi connectivity index (χ4v) is 6.14. The summed E-state index contributed by atoms with van der Waals surface area (Å²) in [5, 5.41) is 10.9. The first kappa shape index (κ1) is 32.2. The van der Waals surface area contributed by atoms with Crippen LogP contribution >= 0.6 is 0 Å². The van der Waals surface area contributed by atoms with Gasteiger partial charge in [0.1, 0.15) is 28.6 Å². The summed E-state index contributed by atoms with van der Waals surface area (Å²) in [4.78, 5) is 41.7. The summed E-state index contributed by atoms with van der Waals surface area (Å²) in [5.41, 5.74) is 0.763. The molecule has 1 aliphatic heterocycles. The lowest BCUT2D eigenvalue weighted by Gasteiger charge is -2.33. The number of pyridine rings is 1. The molecule has 240 valence electrons. The van der Waals surface area contributed by atoms with E-state index in [9.17, 15) is 23.9 Å². The van der Waals surface area contributed by atoms with E-state index >= 15 is 0 Å². The fourth-order valence-electron chi connectivity index (χ4n) is 6.14. The van der Waals surface area contributed by atoms with Gasteiger partial charge in [0.2, 0.25) is 0 Å². The minimum atomic E-state index is -1.16. The van der Waals surface area contributed by atoms with Crippen molar-refractivity contribution >= 4 is 11.9 Å². The number of carbonyl (C=O) groups is 2. The predicted octanol–water partition coefficient (Wildman–Crippen LogP) is 6.19. The van der Waals surface area contributed by atoms with E-state index in [1.165, 1.54) is 32.6 Å². The van der Waals surface area contributed by atoms with Crippen LogP contribution in [0.5, 0.6) is 17.2 Å². The van der Waals surface area contributed by atoms with Crippen LogP contribution < -0.4 is 15.0 Å². The van der Waals surface area contributed by atoms with Crippen LogP contribution in [0.1, 0.15) is 70.1 Å². The molecule has 3 amide bonds. The fraction of sp³-hybridized carbons (Fsp3) is 0.457. The lowest BCUT2D eigenvalue weighted by Crippen LogP contribution is -2.45. The van der Waals surface area contributed by atoms with Crippen molar-refractivity contribution in [2.75, 3.05) is 7.05 Å². The zero-order valence-electron chi connectivity index (χ0n) is 27.2. The average molecular weight is 620 g/mol. The molecule has 10 heteroatoms. The van der Waals surface area contributed by atoms with E-state index in [4.69, 9.17) is 9.47 Å². The number of halogens is 1. The first-order valence-electron chi connectivity index (χ1n) is 15.3. The summed E-state index contributed by atoms with van der Waals surface area (Å²) >= 11 is 0. The lowest BCUT2D eigenvalue weighted by molar-refractivity contribution is -0.133. The van der Waals surface area contributed by atoms with Gasteiger partial charge in [0.15, 0.2) is 0 Å². The topological polar surface area (TPSA) is 101 Å². The van der Waals surface area contributed by atoms with Gasteiger partial charge in [-0.15, -0.1) is 0 Å². The van der Waals surface area contributed by atoms with Crippen LogP contribution in [-0.2, 0) is 17.4 Å². The third-order valence-electron chi connectivity index (χ3n) is 9.18. The molecule has 2 aliphatic rings. The molecular weight excluding hydrogens is 577 g/mol. The molecule has 0 unspecified atom stereocenters. The number of ether oxygens (including phenoxy) is 2. The second-order valence-corrected chi connectivity index (χ2v) is 13.4. The third kappa shape index (κ3) is 6.08. The second kappa shape index (κ2) is 11.6. The molecule has 0 spiro atoms. The van der Waals surface area contributed by atoms with E-state index in [1.807, 2.05) is 6.07 Å². The monoisotopic (exact) mass is 619 g/mol. The van der Waals surface area contributed by atoms with Gasteiger partial charge in [-0.05, 0) is 108 Å². The molecule has 1 saturated carbocycles. The number of imide groups is 1. The molecule has 0 atom stereocenters. The maximum absolute atomic E-state index is 14.1. The molecule has 9 nitrogen and oxygen atoms in total. The van der Waals surface area contributed by atoms with Crippen LogP contribution in [0.25, 0.3) is 11.1 Å². The van der Waals surface area contributed by atoms with Gasteiger partial charge in [0.25, 0.3) is 11.5 Å². The number of urea groups is 1. The number of amides is 3. The van der Waals surface area contributed by atoms with E-state index in [2.05, 4.69) is 0 Å². The van der Waals surface area contributed by atoms with Crippen LogP contribution in [0, 0.1) is 19.7 Å². The van der Waals surface area contributed by atoms with Gasteiger partial charge in [0.05, 0.1) is 11.7 Å². The smallest absolute Gasteiger partial charge is 0.327 e. The number of hydrogen-bond donors (Lipinski definition) is 1. The van der Waals surface area contributed by atoms with Crippen LogP contribution in [0.2, 0.25) is 0 Å².